The number of rotatable bonds is 4. The number of hydrogen-bond donors (Lipinski definition) is 0. The van der Waals surface area contributed by atoms with E-state index in [-0.39, 0.29) is 6.04 Å². The molecular formula is C17H21F3N4O. The Balaban J connectivity index is 1.52. The van der Waals surface area contributed by atoms with Crippen LogP contribution in [0.15, 0.2) is 28.8 Å². The number of aryl methyl sites for hydroxylation is 1. The first-order valence-electron chi connectivity index (χ1n) is 8.25. The predicted molar refractivity (Wildman–Crippen MR) is 85.7 cm³/mol. The van der Waals surface area contributed by atoms with E-state index in [4.69, 9.17) is 4.52 Å². The van der Waals surface area contributed by atoms with Gasteiger partial charge in [-0.05, 0) is 31.5 Å². The molecule has 2 aromatic rings. The van der Waals surface area contributed by atoms with Gasteiger partial charge in [0, 0.05) is 32.7 Å². The van der Waals surface area contributed by atoms with Gasteiger partial charge < -0.3 is 4.52 Å². The zero-order chi connectivity index (χ0) is 18.0. The molecule has 2 heterocycles. The van der Waals surface area contributed by atoms with E-state index in [1.54, 1.807) is 19.1 Å². The van der Waals surface area contributed by atoms with Crippen LogP contribution < -0.4 is 0 Å². The molecule has 0 saturated carbocycles. The van der Waals surface area contributed by atoms with Gasteiger partial charge in [0.15, 0.2) is 5.82 Å². The molecule has 0 amide bonds. The van der Waals surface area contributed by atoms with Gasteiger partial charge in [0.2, 0.25) is 5.89 Å². The van der Waals surface area contributed by atoms with Crippen molar-refractivity contribution in [3.63, 3.8) is 0 Å². The highest BCUT2D eigenvalue weighted by Gasteiger charge is 2.30. The van der Waals surface area contributed by atoms with Crippen molar-refractivity contribution in [3.05, 3.63) is 47.1 Å². The topological polar surface area (TPSA) is 45.4 Å². The Hall–Kier alpha value is -1.93. The lowest BCUT2D eigenvalue weighted by atomic mass is 10.1. The second-order valence-electron chi connectivity index (χ2n) is 6.36. The molecule has 5 nitrogen and oxygen atoms in total. The molecule has 0 radical (unpaired) electrons. The monoisotopic (exact) mass is 354 g/mol. The summed E-state index contributed by atoms with van der Waals surface area (Å²) in [5.74, 6) is 1.25. The van der Waals surface area contributed by atoms with Gasteiger partial charge in [-0.3, -0.25) is 9.80 Å². The summed E-state index contributed by atoms with van der Waals surface area (Å²) >= 11 is 0. The highest BCUT2D eigenvalue weighted by atomic mass is 19.4. The van der Waals surface area contributed by atoms with Crippen molar-refractivity contribution >= 4 is 0 Å². The van der Waals surface area contributed by atoms with E-state index in [0.717, 1.165) is 43.9 Å². The maximum atomic E-state index is 12.6. The first-order valence-corrected chi connectivity index (χ1v) is 8.25. The number of piperazine rings is 1. The summed E-state index contributed by atoms with van der Waals surface area (Å²) < 4.78 is 43.0. The van der Waals surface area contributed by atoms with Crippen LogP contribution in [0.2, 0.25) is 0 Å². The maximum Gasteiger partial charge on any atom is 0.416 e. The van der Waals surface area contributed by atoms with Crippen LogP contribution in [0.4, 0.5) is 13.2 Å². The Morgan fingerprint density at radius 2 is 1.76 bits per heavy atom. The predicted octanol–water partition coefficient (Wildman–Crippen LogP) is 3.28. The van der Waals surface area contributed by atoms with E-state index in [1.807, 2.05) is 6.92 Å². The molecule has 1 aromatic carbocycles. The van der Waals surface area contributed by atoms with Crippen LogP contribution >= 0.6 is 0 Å². The number of hydrogen-bond acceptors (Lipinski definition) is 5. The van der Waals surface area contributed by atoms with E-state index in [2.05, 4.69) is 19.9 Å². The zero-order valence-corrected chi connectivity index (χ0v) is 14.3. The molecule has 1 aliphatic rings. The van der Waals surface area contributed by atoms with Gasteiger partial charge in [-0.25, -0.2) is 0 Å². The highest BCUT2D eigenvalue weighted by molar-refractivity contribution is 5.24. The van der Waals surface area contributed by atoms with Crippen molar-refractivity contribution in [2.45, 2.75) is 32.6 Å². The molecule has 3 rings (SSSR count). The summed E-state index contributed by atoms with van der Waals surface area (Å²) in [6, 6.07) is 5.46. The molecule has 0 unspecified atom stereocenters. The molecule has 0 aliphatic carbocycles. The molecule has 0 spiro atoms. The molecule has 1 atom stereocenters. The number of benzene rings is 1. The van der Waals surface area contributed by atoms with Crippen molar-refractivity contribution in [2.24, 2.45) is 0 Å². The average Bonchev–Trinajstić information content (AvgIpc) is 3.01. The Morgan fingerprint density at radius 1 is 1.12 bits per heavy atom. The third kappa shape index (κ3) is 4.38. The van der Waals surface area contributed by atoms with Crippen molar-refractivity contribution in [1.29, 1.82) is 0 Å². The number of halogens is 3. The lowest BCUT2D eigenvalue weighted by Crippen LogP contribution is -2.46. The Labute approximate surface area is 144 Å². The van der Waals surface area contributed by atoms with Crippen LogP contribution in [-0.2, 0) is 12.7 Å². The van der Waals surface area contributed by atoms with Gasteiger partial charge in [-0.15, -0.1) is 0 Å². The Kier molecular flexibility index (Phi) is 5.10. The lowest BCUT2D eigenvalue weighted by molar-refractivity contribution is -0.137. The Morgan fingerprint density at radius 3 is 2.28 bits per heavy atom. The minimum atomic E-state index is -4.28. The second-order valence-corrected chi connectivity index (χ2v) is 6.36. The van der Waals surface area contributed by atoms with Gasteiger partial charge >= 0.3 is 6.18 Å². The third-order valence-corrected chi connectivity index (χ3v) is 4.54. The largest absolute Gasteiger partial charge is 0.416 e. The smallest absolute Gasteiger partial charge is 0.338 e. The van der Waals surface area contributed by atoms with E-state index in [1.165, 1.54) is 0 Å². The quantitative estimate of drug-likeness (QED) is 0.843. The molecule has 0 bridgehead atoms. The number of alkyl halides is 3. The molecule has 1 saturated heterocycles. The molecule has 136 valence electrons. The van der Waals surface area contributed by atoms with Crippen LogP contribution in [0.3, 0.4) is 0 Å². The Bertz CT molecular complexity index is 691. The second kappa shape index (κ2) is 7.13. The van der Waals surface area contributed by atoms with E-state index < -0.39 is 11.7 Å². The molecule has 1 fully saturated rings. The van der Waals surface area contributed by atoms with Gasteiger partial charge in [0.1, 0.15) is 0 Å². The van der Waals surface area contributed by atoms with Gasteiger partial charge in [0.05, 0.1) is 11.6 Å². The van der Waals surface area contributed by atoms with Crippen molar-refractivity contribution in [2.75, 3.05) is 26.2 Å². The summed E-state index contributed by atoms with van der Waals surface area (Å²) in [6.45, 7) is 7.88. The summed E-state index contributed by atoms with van der Waals surface area (Å²) in [7, 11) is 0. The fourth-order valence-electron chi connectivity index (χ4n) is 3.01. The SMILES string of the molecule is Cc1noc([C@H](C)N2CCN(Cc3ccc(C(F)(F)F)cc3)CC2)n1. The standard InChI is InChI=1S/C17H21F3N4O/c1-12(16-21-13(2)22-25-16)24-9-7-23(8-10-24)11-14-3-5-15(6-4-14)17(18,19)20/h3-6,12H,7-11H2,1-2H3/t12-/m0/s1. The van der Waals surface area contributed by atoms with Gasteiger partial charge in [-0.2, -0.15) is 18.2 Å². The summed E-state index contributed by atoms with van der Waals surface area (Å²) in [6.07, 6.45) is -4.28. The van der Waals surface area contributed by atoms with Gasteiger partial charge in [0.25, 0.3) is 0 Å². The van der Waals surface area contributed by atoms with E-state index in [9.17, 15) is 13.2 Å². The number of aromatic nitrogens is 2. The molecule has 1 aromatic heterocycles. The molecule has 25 heavy (non-hydrogen) atoms. The summed E-state index contributed by atoms with van der Waals surface area (Å²) in [5.41, 5.74) is 0.284. The van der Waals surface area contributed by atoms with Crippen LogP contribution in [0, 0.1) is 6.92 Å². The zero-order valence-electron chi connectivity index (χ0n) is 14.3. The minimum Gasteiger partial charge on any atom is -0.338 e. The summed E-state index contributed by atoms with van der Waals surface area (Å²) in [4.78, 5) is 8.79. The number of nitrogens with zero attached hydrogens (tertiary/aromatic N) is 4. The summed E-state index contributed by atoms with van der Waals surface area (Å²) in [5, 5.41) is 3.82. The van der Waals surface area contributed by atoms with Crippen molar-refractivity contribution in [3.8, 4) is 0 Å². The van der Waals surface area contributed by atoms with E-state index in [0.29, 0.717) is 18.3 Å². The first-order chi connectivity index (χ1) is 11.8. The normalized spacial score (nSPS) is 18.4. The van der Waals surface area contributed by atoms with Crippen LogP contribution in [-0.4, -0.2) is 46.1 Å². The first kappa shape index (κ1) is 17.9. The molecule has 0 N–H and O–H groups in total. The van der Waals surface area contributed by atoms with Gasteiger partial charge in [-0.1, -0.05) is 17.3 Å². The van der Waals surface area contributed by atoms with Crippen molar-refractivity contribution in [1.82, 2.24) is 19.9 Å². The third-order valence-electron chi connectivity index (χ3n) is 4.54. The van der Waals surface area contributed by atoms with Crippen LogP contribution in [0.5, 0.6) is 0 Å². The molecular weight excluding hydrogens is 333 g/mol. The van der Waals surface area contributed by atoms with Crippen LogP contribution in [0.1, 0.15) is 35.8 Å². The maximum absolute atomic E-state index is 12.6. The van der Waals surface area contributed by atoms with Crippen LogP contribution in [0.25, 0.3) is 0 Å². The minimum absolute atomic E-state index is 0.0643. The van der Waals surface area contributed by atoms with Crippen molar-refractivity contribution < 1.29 is 17.7 Å². The molecule has 8 heteroatoms. The average molecular weight is 354 g/mol. The fourth-order valence-corrected chi connectivity index (χ4v) is 3.01. The fraction of sp³-hybridized carbons (Fsp3) is 0.529. The lowest BCUT2D eigenvalue weighted by Gasteiger charge is -2.36. The highest BCUT2D eigenvalue weighted by Crippen LogP contribution is 2.29. The molecule has 1 aliphatic heterocycles. The van der Waals surface area contributed by atoms with E-state index >= 15 is 0 Å².